The van der Waals surface area contributed by atoms with Gasteiger partial charge in [0.25, 0.3) is 0 Å². The average molecular weight is 291 g/mol. The van der Waals surface area contributed by atoms with Crippen LogP contribution in [0.1, 0.15) is 18.9 Å². The van der Waals surface area contributed by atoms with Gasteiger partial charge in [0, 0.05) is 17.0 Å². The summed E-state index contributed by atoms with van der Waals surface area (Å²) in [6, 6.07) is 8.22. The highest BCUT2D eigenvalue weighted by Gasteiger charge is 2.21. The van der Waals surface area contributed by atoms with Crippen molar-refractivity contribution < 1.29 is 9.26 Å². The summed E-state index contributed by atoms with van der Waals surface area (Å²) in [4.78, 5) is 5.70. The van der Waals surface area contributed by atoms with Gasteiger partial charge in [0.05, 0.1) is 13.2 Å². The van der Waals surface area contributed by atoms with Crippen LogP contribution in [0.5, 0.6) is 0 Å². The largest absolute Gasteiger partial charge is 0.378 e. The van der Waals surface area contributed by atoms with Crippen LogP contribution in [0.3, 0.4) is 0 Å². The molecule has 0 bridgehead atoms. The summed E-state index contributed by atoms with van der Waals surface area (Å²) in [7, 11) is 0. The number of nitrogens with one attached hydrogen (secondary N) is 1. The lowest BCUT2D eigenvalue weighted by molar-refractivity contribution is 0.0659. The van der Waals surface area contributed by atoms with E-state index in [9.17, 15) is 0 Å². The second kappa shape index (κ2) is 6.39. The van der Waals surface area contributed by atoms with Crippen LogP contribution in [0.15, 0.2) is 33.7 Å². The van der Waals surface area contributed by atoms with Crippen LogP contribution in [0.2, 0.25) is 0 Å². The number of nitrogens with zero attached hydrogens (tertiary/aromatic N) is 2. The van der Waals surface area contributed by atoms with Gasteiger partial charge in [0.1, 0.15) is 6.04 Å². The molecule has 1 aromatic carbocycles. The molecule has 1 atom stereocenters. The van der Waals surface area contributed by atoms with E-state index in [2.05, 4.69) is 34.5 Å². The van der Waals surface area contributed by atoms with Gasteiger partial charge < -0.3 is 14.6 Å². The van der Waals surface area contributed by atoms with E-state index in [1.807, 2.05) is 23.9 Å². The van der Waals surface area contributed by atoms with Gasteiger partial charge in [-0.1, -0.05) is 12.1 Å². The zero-order chi connectivity index (χ0) is 13.8. The third-order valence-corrected chi connectivity index (χ3v) is 3.98. The predicted molar refractivity (Wildman–Crippen MR) is 77.7 cm³/mol. The number of morpholine rings is 1. The highest BCUT2D eigenvalue weighted by Crippen LogP contribution is 2.23. The molecule has 2 heterocycles. The molecule has 1 aromatic heterocycles. The molecule has 0 saturated carbocycles. The Morgan fingerprint density at radius 3 is 2.90 bits per heavy atom. The lowest BCUT2D eigenvalue weighted by atomic mass is 10.2. The maximum absolute atomic E-state index is 5.40. The molecule has 20 heavy (non-hydrogen) atoms. The average Bonchev–Trinajstić information content (AvgIpc) is 2.99. The van der Waals surface area contributed by atoms with Gasteiger partial charge in [0.15, 0.2) is 0 Å². The molecular weight excluding hydrogens is 274 g/mol. The van der Waals surface area contributed by atoms with Crippen molar-refractivity contribution in [2.75, 3.05) is 25.5 Å². The van der Waals surface area contributed by atoms with E-state index in [0.717, 1.165) is 24.5 Å². The molecule has 0 spiro atoms. The van der Waals surface area contributed by atoms with E-state index in [1.165, 1.54) is 4.90 Å². The molecule has 0 aliphatic carbocycles. The van der Waals surface area contributed by atoms with Crippen LogP contribution in [-0.4, -0.2) is 35.7 Å². The fourth-order valence-corrected chi connectivity index (χ4v) is 2.75. The summed E-state index contributed by atoms with van der Waals surface area (Å²) >= 11 is 1.82. The Morgan fingerprint density at radius 2 is 2.20 bits per heavy atom. The van der Waals surface area contributed by atoms with Crippen LogP contribution >= 0.6 is 11.8 Å². The molecular formula is C14H17N3O2S. The van der Waals surface area contributed by atoms with Gasteiger partial charge in [0.2, 0.25) is 11.7 Å². The van der Waals surface area contributed by atoms with Crippen molar-refractivity contribution >= 4 is 11.8 Å². The number of aromatic nitrogens is 2. The van der Waals surface area contributed by atoms with Crippen LogP contribution in [0.4, 0.5) is 0 Å². The van der Waals surface area contributed by atoms with Gasteiger partial charge in [-0.2, -0.15) is 4.98 Å². The number of hydrogen-bond acceptors (Lipinski definition) is 6. The van der Waals surface area contributed by atoms with Crippen molar-refractivity contribution in [3.8, 4) is 11.4 Å². The lowest BCUT2D eigenvalue weighted by Crippen LogP contribution is -2.34. The second-order valence-electron chi connectivity index (χ2n) is 4.50. The van der Waals surface area contributed by atoms with Crippen LogP contribution in [0.25, 0.3) is 11.4 Å². The van der Waals surface area contributed by atoms with Gasteiger partial charge in [-0.25, -0.2) is 0 Å². The molecule has 3 rings (SSSR count). The topological polar surface area (TPSA) is 60.2 Å². The molecule has 1 aliphatic rings. The van der Waals surface area contributed by atoms with Crippen LogP contribution in [-0.2, 0) is 4.74 Å². The highest BCUT2D eigenvalue weighted by atomic mass is 32.2. The van der Waals surface area contributed by atoms with Crippen molar-refractivity contribution in [1.82, 2.24) is 15.5 Å². The number of rotatable bonds is 4. The molecule has 106 valence electrons. The van der Waals surface area contributed by atoms with Gasteiger partial charge in [-0.05, 0) is 30.0 Å². The summed E-state index contributed by atoms with van der Waals surface area (Å²) in [5.74, 6) is 2.28. The molecule has 1 N–H and O–H groups in total. The van der Waals surface area contributed by atoms with E-state index in [4.69, 9.17) is 9.26 Å². The molecule has 6 heteroatoms. The monoisotopic (exact) mass is 291 g/mol. The maximum Gasteiger partial charge on any atom is 0.246 e. The lowest BCUT2D eigenvalue weighted by Gasteiger charge is -2.20. The first-order valence-electron chi connectivity index (χ1n) is 6.75. The van der Waals surface area contributed by atoms with Crippen LogP contribution in [0, 0.1) is 0 Å². The van der Waals surface area contributed by atoms with Crippen molar-refractivity contribution in [2.45, 2.75) is 17.9 Å². The zero-order valence-corrected chi connectivity index (χ0v) is 12.2. The molecule has 1 saturated heterocycles. The minimum Gasteiger partial charge on any atom is -0.378 e. The summed E-state index contributed by atoms with van der Waals surface area (Å²) in [5.41, 5.74) is 0.970. The highest BCUT2D eigenvalue weighted by molar-refractivity contribution is 7.99. The van der Waals surface area contributed by atoms with E-state index in [-0.39, 0.29) is 6.04 Å². The zero-order valence-electron chi connectivity index (χ0n) is 11.3. The predicted octanol–water partition coefficient (Wildman–Crippen LogP) is 2.51. The molecule has 1 aliphatic heterocycles. The Labute approximate surface area is 122 Å². The van der Waals surface area contributed by atoms with E-state index in [1.54, 1.807) is 0 Å². The number of thioether (sulfide) groups is 1. The number of benzene rings is 1. The first kappa shape index (κ1) is 13.6. The Balaban J connectivity index is 1.75. The quantitative estimate of drug-likeness (QED) is 0.873. The van der Waals surface area contributed by atoms with E-state index >= 15 is 0 Å². The van der Waals surface area contributed by atoms with E-state index < -0.39 is 0 Å². The summed E-state index contributed by atoms with van der Waals surface area (Å²) < 4.78 is 10.7. The molecule has 0 amide bonds. The molecule has 1 fully saturated rings. The van der Waals surface area contributed by atoms with Crippen molar-refractivity contribution in [1.29, 1.82) is 0 Å². The Hall–Kier alpha value is -1.37. The molecule has 5 nitrogen and oxygen atoms in total. The SMILES string of the molecule is CCSc1ccc(-c2noc(C3COCCN3)n2)cc1. The minimum atomic E-state index is -0.0000739. The van der Waals surface area contributed by atoms with E-state index in [0.29, 0.717) is 18.3 Å². The molecule has 2 aromatic rings. The Bertz CT molecular complexity index is 550. The summed E-state index contributed by atoms with van der Waals surface area (Å²) in [6.07, 6.45) is 0. The van der Waals surface area contributed by atoms with Crippen molar-refractivity contribution in [3.63, 3.8) is 0 Å². The fraction of sp³-hybridized carbons (Fsp3) is 0.429. The first-order valence-corrected chi connectivity index (χ1v) is 7.73. The standard InChI is InChI=1S/C14H17N3O2S/c1-2-20-11-5-3-10(4-6-11)13-16-14(19-17-13)12-9-18-8-7-15-12/h3-6,12,15H,2,7-9H2,1H3. The minimum absolute atomic E-state index is 0.0000739. The van der Waals surface area contributed by atoms with Gasteiger partial charge in [-0.15, -0.1) is 11.8 Å². The normalized spacial score (nSPS) is 19.1. The third kappa shape index (κ3) is 3.03. The summed E-state index contributed by atoms with van der Waals surface area (Å²) in [6.45, 7) is 4.26. The second-order valence-corrected chi connectivity index (χ2v) is 5.83. The smallest absolute Gasteiger partial charge is 0.246 e. The van der Waals surface area contributed by atoms with Crippen molar-refractivity contribution in [2.24, 2.45) is 0 Å². The fourth-order valence-electron chi connectivity index (χ4n) is 2.08. The third-order valence-electron chi connectivity index (χ3n) is 3.09. The molecule has 0 radical (unpaired) electrons. The number of hydrogen-bond donors (Lipinski definition) is 1. The van der Waals surface area contributed by atoms with Gasteiger partial charge >= 0.3 is 0 Å². The molecule has 1 unspecified atom stereocenters. The number of ether oxygens (including phenoxy) is 1. The maximum atomic E-state index is 5.40. The summed E-state index contributed by atoms with van der Waals surface area (Å²) in [5, 5.41) is 7.35. The first-order chi connectivity index (χ1) is 9.86. The van der Waals surface area contributed by atoms with Crippen LogP contribution < -0.4 is 5.32 Å². The Kier molecular flexibility index (Phi) is 4.34. The van der Waals surface area contributed by atoms with Crippen molar-refractivity contribution in [3.05, 3.63) is 30.2 Å². The Morgan fingerprint density at radius 1 is 1.35 bits per heavy atom. The van der Waals surface area contributed by atoms with Gasteiger partial charge in [-0.3, -0.25) is 0 Å².